The monoisotopic (exact) mass is 553 g/mol. The number of sulfonamides is 1. The van der Waals surface area contributed by atoms with Crippen molar-refractivity contribution in [2.24, 2.45) is 0 Å². The second-order valence-electron chi connectivity index (χ2n) is 9.76. The third kappa shape index (κ3) is 7.23. The highest BCUT2D eigenvalue weighted by atomic mass is 32.2. The minimum Gasteiger partial charge on any atom is -0.352 e. The van der Waals surface area contributed by atoms with Gasteiger partial charge in [0.05, 0.1) is 10.6 Å². The molecule has 1 atom stereocenters. The molecule has 1 N–H and O–H groups in total. The Morgan fingerprint density at radius 2 is 1.49 bits per heavy atom. The molecule has 0 bridgehead atoms. The van der Waals surface area contributed by atoms with Crippen LogP contribution in [0.25, 0.3) is 0 Å². The average molecular weight is 554 g/mol. The number of carbonyl (C=O) groups excluding carboxylic acids is 2. The molecular weight excluding hydrogens is 517 g/mol. The van der Waals surface area contributed by atoms with Crippen molar-refractivity contribution in [3.8, 4) is 0 Å². The Hall–Kier alpha value is -3.72. The Kier molecular flexibility index (Phi) is 9.86. The second-order valence-corrected chi connectivity index (χ2v) is 11.6. The number of hydrogen-bond donors (Lipinski definition) is 1. The van der Waals surface area contributed by atoms with Crippen LogP contribution >= 0.6 is 0 Å². The Balaban J connectivity index is 2.08. The van der Waals surface area contributed by atoms with Gasteiger partial charge in [0.2, 0.25) is 11.8 Å². The number of rotatable bonds is 11. The fraction of sp³-hybridized carbons (Fsp3) is 0.333. The molecule has 2 amide bonds. The van der Waals surface area contributed by atoms with Crippen LogP contribution in [-0.4, -0.2) is 43.8 Å². The van der Waals surface area contributed by atoms with E-state index in [2.05, 4.69) is 5.32 Å². The van der Waals surface area contributed by atoms with Crippen molar-refractivity contribution in [2.45, 2.75) is 64.6 Å². The summed E-state index contributed by atoms with van der Waals surface area (Å²) in [5.41, 5.74) is 2.23. The molecule has 0 aliphatic carbocycles. The Labute approximate surface area is 230 Å². The smallest absolute Gasteiger partial charge is 0.264 e. The number of nitrogens with zero attached hydrogens (tertiary/aromatic N) is 2. The second kappa shape index (κ2) is 12.9. The van der Waals surface area contributed by atoms with Crippen molar-refractivity contribution in [2.75, 3.05) is 10.8 Å². The molecule has 0 aliphatic rings. The van der Waals surface area contributed by atoms with Crippen LogP contribution in [0.15, 0.2) is 77.7 Å². The lowest BCUT2D eigenvalue weighted by Gasteiger charge is -2.33. The van der Waals surface area contributed by atoms with E-state index >= 15 is 0 Å². The summed E-state index contributed by atoms with van der Waals surface area (Å²) in [6.07, 6.45) is 0.538. The van der Waals surface area contributed by atoms with Gasteiger partial charge in [-0.05, 0) is 63.9 Å². The predicted molar refractivity (Wildman–Crippen MR) is 151 cm³/mol. The van der Waals surface area contributed by atoms with Crippen LogP contribution in [0.5, 0.6) is 0 Å². The SMILES string of the molecule is CCc1ccccc1N(CC(=O)N(Cc1ccccc1F)C(C)C(=O)NC(C)C)S(=O)(=O)c1ccc(C)cc1. The molecule has 0 radical (unpaired) electrons. The maximum absolute atomic E-state index is 14.6. The Morgan fingerprint density at radius 1 is 0.897 bits per heavy atom. The lowest BCUT2D eigenvalue weighted by atomic mass is 10.1. The van der Waals surface area contributed by atoms with Crippen molar-refractivity contribution in [1.29, 1.82) is 0 Å². The lowest BCUT2D eigenvalue weighted by Crippen LogP contribution is -2.52. The van der Waals surface area contributed by atoms with Gasteiger partial charge < -0.3 is 10.2 Å². The summed E-state index contributed by atoms with van der Waals surface area (Å²) in [6.45, 7) is 8.13. The zero-order valence-electron chi connectivity index (χ0n) is 23.0. The van der Waals surface area contributed by atoms with Crippen molar-refractivity contribution in [1.82, 2.24) is 10.2 Å². The van der Waals surface area contributed by atoms with Crippen LogP contribution in [0.3, 0.4) is 0 Å². The molecule has 0 aliphatic heterocycles. The number of amides is 2. The summed E-state index contributed by atoms with van der Waals surface area (Å²) in [4.78, 5) is 28.1. The van der Waals surface area contributed by atoms with Gasteiger partial charge >= 0.3 is 0 Å². The summed E-state index contributed by atoms with van der Waals surface area (Å²) in [7, 11) is -4.17. The molecule has 3 aromatic rings. The Morgan fingerprint density at radius 3 is 2.08 bits per heavy atom. The third-order valence-electron chi connectivity index (χ3n) is 6.43. The van der Waals surface area contributed by atoms with E-state index in [1.807, 2.05) is 26.0 Å². The molecule has 0 aromatic heterocycles. The molecule has 3 rings (SSSR count). The standard InChI is InChI=1S/C30H36FN3O4S/c1-6-24-11-8-10-14-28(24)34(39(37,38)26-17-15-22(4)16-18-26)20-29(35)33(23(5)30(36)32-21(2)3)19-25-12-7-9-13-27(25)31/h7-18,21,23H,6,19-20H2,1-5H3,(H,32,36). The summed E-state index contributed by atoms with van der Waals surface area (Å²) in [6, 6.07) is 18.2. The highest BCUT2D eigenvalue weighted by Gasteiger charge is 2.33. The van der Waals surface area contributed by atoms with Gasteiger partial charge in [0.1, 0.15) is 18.4 Å². The summed E-state index contributed by atoms with van der Waals surface area (Å²) in [5, 5.41) is 2.78. The number of nitrogens with one attached hydrogen (secondary N) is 1. The molecule has 1 unspecified atom stereocenters. The van der Waals surface area contributed by atoms with Crippen LogP contribution in [0.2, 0.25) is 0 Å². The summed E-state index contributed by atoms with van der Waals surface area (Å²) >= 11 is 0. The quantitative estimate of drug-likeness (QED) is 0.368. The zero-order valence-corrected chi connectivity index (χ0v) is 23.8. The third-order valence-corrected chi connectivity index (χ3v) is 8.20. The first-order chi connectivity index (χ1) is 18.4. The first-order valence-electron chi connectivity index (χ1n) is 13.0. The summed E-state index contributed by atoms with van der Waals surface area (Å²) in [5.74, 6) is -1.57. The minimum absolute atomic E-state index is 0.0399. The van der Waals surface area contributed by atoms with Gasteiger partial charge in [0.25, 0.3) is 10.0 Å². The normalized spacial score (nSPS) is 12.2. The van der Waals surface area contributed by atoms with E-state index in [-0.39, 0.29) is 23.0 Å². The molecule has 208 valence electrons. The molecule has 0 spiro atoms. The van der Waals surface area contributed by atoms with Crippen LogP contribution in [0, 0.1) is 12.7 Å². The van der Waals surface area contributed by atoms with Crippen LogP contribution in [0.1, 0.15) is 44.4 Å². The largest absolute Gasteiger partial charge is 0.352 e. The van der Waals surface area contributed by atoms with Crippen molar-refractivity contribution in [3.05, 3.63) is 95.3 Å². The molecule has 7 nitrogen and oxygen atoms in total. The molecule has 0 saturated heterocycles. The van der Waals surface area contributed by atoms with E-state index in [9.17, 15) is 22.4 Å². The van der Waals surface area contributed by atoms with Gasteiger partial charge in [-0.1, -0.05) is 61.0 Å². The number of carbonyl (C=O) groups is 2. The molecule has 0 saturated carbocycles. The van der Waals surface area contributed by atoms with Crippen LogP contribution in [-0.2, 0) is 32.6 Å². The van der Waals surface area contributed by atoms with Gasteiger partial charge in [-0.25, -0.2) is 12.8 Å². The lowest BCUT2D eigenvalue weighted by molar-refractivity contribution is -0.139. The number of para-hydroxylation sites is 1. The van der Waals surface area contributed by atoms with Crippen molar-refractivity contribution < 1.29 is 22.4 Å². The Bertz CT molecular complexity index is 1410. The average Bonchev–Trinajstić information content (AvgIpc) is 2.90. The van der Waals surface area contributed by atoms with Gasteiger partial charge in [-0.3, -0.25) is 13.9 Å². The topological polar surface area (TPSA) is 86.8 Å². The molecule has 0 fully saturated rings. The van der Waals surface area contributed by atoms with E-state index < -0.39 is 40.2 Å². The van der Waals surface area contributed by atoms with E-state index in [1.54, 1.807) is 51.1 Å². The zero-order chi connectivity index (χ0) is 28.7. The van der Waals surface area contributed by atoms with E-state index in [1.165, 1.54) is 35.2 Å². The fourth-order valence-corrected chi connectivity index (χ4v) is 5.65. The maximum Gasteiger partial charge on any atom is 0.264 e. The fourth-order valence-electron chi connectivity index (χ4n) is 4.20. The van der Waals surface area contributed by atoms with Crippen LogP contribution in [0.4, 0.5) is 10.1 Å². The molecule has 9 heteroatoms. The number of hydrogen-bond acceptors (Lipinski definition) is 4. The van der Waals surface area contributed by atoms with Gasteiger partial charge in [0.15, 0.2) is 0 Å². The highest BCUT2D eigenvalue weighted by molar-refractivity contribution is 7.92. The van der Waals surface area contributed by atoms with E-state index in [0.29, 0.717) is 12.1 Å². The summed E-state index contributed by atoms with van der Waals surface area (Å²) < 4.78 is 43.6. The van der Waals surface area contributed by atoms with Gasteiger partial charge in [-0.15, -0.1) is 0 Å². The van der Waals surface area contributed by atoms with Crippen molar-refractivity contribution in [3.63, 3.8) is 0 Å². The highest BCUT2D eigenvalue weighted by Crippen LogP contribution is 2.28. The maximum atomic E-state index is 14.6. The van der Waals surface area contributed by atoms with E-state index in [0.717, 1.165) is 15.4 Å². The minimum atomic E-state index is -4.17. The van der Waals surface area contributed by atoms with E-state index in [4.69, 9.17) is 0 Å². The predicted octanol–water partition coefficient (Wildman–Crippen LogP) is 4.83. The number of halogens is 1. The van der Waals surface area contributed by atoms with Crippen LogP contribution < -0.4 is 9.62 Å². The first kappa shape index (κ1) is 29.8. The van der Waals surface area contributed by atoms with Gasteiger partial charge in [0, 0.05) is 18.2 Å². The number of benzene rings is 3. The number of aryl methyl sites for hydroxylation is 2. The molecule has 0 heterocycles. The van der Waals surface area contributed by atoms with Gasteiger partial charge in [-0.2, -0.15) is 0 Å². The molecule has 3 aromatic carbocycles. The number of anilines is 1. The van der Waals surface area contributed by atoms with Crippen molar-refractivity contribution >= 4 is 27.5 Å². The molecular formula is C30H36FN3O4S. The molecule has 39 heavy (non-hydrogen) atoms. The first-order valence-corrected chi connectivity index (χ1v) is 14.4.